The second kappa shape index (κ2) is 16.5. The van der Waals surface area contributed by atoms with Gasteiger partial charge in [0.05, 0.1) is 10.6 Å². The Morgan fingerprint density at radius 3 is 2.15 bits per heavy atom. The van der Waals surface area contributed by atoms with Gasteiger partial charge in [-0.2, -0.15) is 0 Å². The lowest BCUT2D eigenvalue weighted by Gasteiger charge is -2.34. The zero-order valence-electron chi connectivity index (χ0n) is 26.5. The lowest BCUT2D eigenvalue weighted by atomic mass is 10.0. The fourth-order valence-electron chi connectivity index (χ4n) is 5.04. The van der Waals surface area contributed by atoms with E-state index in [0.29, 0.717) is 32.9 Å². The van der Waals surface area contributed by atoms with E-state index in [9.17, 15) is 18.0 Å². The molecule has 7 nitrogen and oxygen atoms in total. The van der Waals surface area contributed by atoms with Crippen molar-refractivity contribution >= 4 is 62.3 Å². The average Bonchev–Trinajstić information content (AvgIpc) is 3.04. The summed E-state index contributed by atoms with van der Waals surface area (Å²) in [7, 11) is -4.25. The van der Waals surface area contributed by atoms with Crippen molar-refractivity contribution in [1.29, 1.82) is 0 Å². The Labute approximate surface area is 292 Å². The van der Waals surface area contributed by atoms with E-state index in [-0.39, 0.29) is 23.8 Å². The molecule has 47 heavy (non-hydrogen) atoms. The number of hydrogen-bond acceptors (Lipinski definition) is 4. The number of amides is 2. The highest BCUT2D eigenvalue weighted by Crippen LogP contribution is 2.29. The van der Waals surface area contributed by atoms with E-state index in [1.165, 1.54) is 29.2 Å². The van der Waals surface area contributed by atoms with Crippen LogP contribution in [0.5, 0.6) is 0 Å². The second-order valence-electron chi connectivity index (χ2n) is 11.3. The standard InChI is InChI=1S/C36H38Cl3N3O4S/c1-4-5-19-40-36(44)34(21-27-9-7-6-8-10-27)41(23-28-12-13-30(38)22-33(28)39)35(43)24-42(31-16-11-25(2)26(3)20-31)47(45,46)32-17-14-29(37)15-18-32/h6-18,20,22,34H,4-5,19,21,23-24H2,1-3H3,(H,40,44)/t34-/m1/s1. The maximum Gasteiger partial charge on any atom is 0.264 e. The predicted molar refractivity (Wildman–Crippen MR) is 191 cm³/mol. The molecule has 0 aliphatic carbocycles. The van der Waals surface area contributed by atoms with Crippen molar-refractivity contribution in [2.75, 3.05) is 17.4 Å². The quantitative estimate of drug-likeness (QED) is 0.134. The number of unbranched alkanes of at least 4 members (excludes halogenated alkanes) is 1. The molecule has 0 aromatic heterocycles. The Morgan fingerprint density at radius 1 is 0.830 bits per heavy atom. The third-order valence-electron chi connectivity index (χ3n) is 7.92. The van der Waals surface area contributed by atoms with Gasteiger partial charge in [-0.15, -0.1) is 0 Å². The molecular weight excluding hydrogens is 677 g/mol. The molecular formula is C36H38Cl3N3O4S. The summed E-state index contributed by atoms with van der Waals surface area (Å²) in [5.74, 6) is -0.933. The van der Waals surface area contributed by atoms with Crippen molar-refractivity contribution in [2.45, 2.75) is 57.5 Å². The van der Waals surface area contributed by atoms with Crippen molar-refractivity contribution in [3.8, 4) is 0 Å². The van der Waals surface area contributed by atoms with E-state index in [2.05, 4.69) is 5.32 Å². The zero-order valence-corrected chi connectivity index (χ0v) is 29.6. The summed E-state index contributed by atoms with van der Waals surface area (Å²) in [6, 6.07) is 24.3. The van der Waals surface area contributed by atoms with Crippen molar-refractivity contribution in [3.63, 3.8) is 0 Å². The van der Waals surface area contributed by atoms with Gasteiger partial charge in [-0.25, -0.2) is 8.42 Å². The van der Waals surface area contributed by atoms with Crippen molar-refractivity contribution in [1.82, 2.24) is 10.2 Å². The molecule has 0 bridgehead atoms. The van der Waals surface area contributed by atoms with Crippen LogP contribution in [0.4, 0.5) is 5.69 Å². The normalized spacial score (nSPS) is 12.0. The molecule has 0 aliphatic heterocycles. The maximum absolute atomic E-state index is 14.6. The van der Waals surface area contributed by atoms with Crippen LogP contribution < -0.4 is 9.62 Å². The van der Waals surface area contributed by atoms with Crippen LogP contribution in [0.1, 0.15) is 42.0 Å². The smallest absolute Gasteiger partial charge is 0.264 e. The van der Waals surface area contributed by atoms with Crippen LogP contribution in [0, 0.1) is 13.8 Å². The minimum absolute atomic E-state index is 0.0293. The van der Waals surface area contributed by atoms with E-state index >= 15 is 0 Å². The van der Waals surface area contributed by atoms with Crippen LogP contribution in [0.2, 0.25) is 15.1 Å². The van der Waals surface area contributed by atoms with Gasteiger partial charge in [0.25, 0.3) is 10.0 Å². The number of nitrogens with one attached hydrogen (secondary N) is 1. The van der Waals surface area contributed by atoms with Gasteiger partial charge >= 0.3 is 0 Å². The Kier molecular flexibility index (Phi) is 12.7. The van der Waals surface area contributed by atoms with Gasteiger partial charge in [-0.3, -0.25) is 13.9 Å². The number of halogens is 3. The third-order valence-corrected chi connectivity index (χ3v) is 10.5. The van der Waals surface area contributed by atoms with Crippen LogP contribution in [-0.2, 0) is 32.6 Å². The number of aryl methyl sites for hydroxylation is 2. The van der Waals surface area contributed by atoms with Crippen LogP contribution in [0.15, 0.2) is 95.9 Å². The molecule has 0 unspecified atom stereocenters. The summed E-state index contributed by atoms with van der Waals surface area (Å²) in [6.07, 6.45) is 1.84. The van der Waals surface area contributed by atoms with E-state index in [1.54, 1.807) is 30.3 Å². The molecule has 0 saturated carbocycles. The minimum atomic E-state index is -4.25. The monoisotopic (exact) mass is 713 g/mol. The van der Waals surface area contributed by atoms with Crippen LogP contribution in [0.3, 0.4) is 0 Å². The van der Waals surface area contributed by atoms with Gasteiger partial charge in [0.15, 0.2) is 0 Å². The topological polar surface area (TPSA) is 86.8 Å². The molecule has 4 aromatic rings. The van der Waals surface area contributed by atoms with Crippen molar-refractivity contribution < 1.29 is 18.0 Å². The maximum atomic E-state index is 14.6. The molecule has 2 amide bonds. The van der Waals surface area contributed by atoms with Gasteiger partial charge in [0.2, 0.25) is 11.8 Å². The zero-order chi connectivity index (χ0) is 34.1. The Balaban J connectivity index is 1.83. The summed E-state index contributed by atoms with van der Waals surface area (Å²) >= 11 is 18.8. The Bertz CT molecular complexity index is 1800. The highest BCUT2D eigenvalue weighted by atomic mass is 35.5. The molecule has 0 fully saturated rings. The molecule has 1 atom stereocenters. The third kappa shape index (κ3) is 9.51. The lowest BCUT2D eigenvalue weighted by molar-refractivity contribution is -0.140. The number of benzene rings is 4. The molecule has 0 radical (unpaired) electrons. The first-order valence-corrected chi connectivity index (χ1v) is 17.9. The minimum Gasteiger partial charge on any atom is -0.354 e. The second-order valence-corrected chi connectivity index (χ2v) is 14.5. The molecule has 4 rings (SSSR count). The molecule has 0 saturated heterocycles. The SMILES string of the molecule is CCCCNC(=O)[C@@H](Cc1ccccc1)N(Cc1ccc(Cl)cc1Cl)C(=O)CN(c1ccc(C)c(C)c1)S(=O)(=O)c1ccc(Cl)cc1. The first-order valence-electron chi connectivity index (χ1n) is 15.3. The molecule has 0 aliphatic rings. The summed E-state index contributed by atoms with van der Waals surface area (Å²) in [5, 5.41) is 4.09. The molecule has 0 spiro atoms. The first-order chi connectivity index (χ1) is 22.4. The first kappa shape index (κ1) is 36.3. The van der Waals surface area contributed by atoms with Gasteiger partial charge in [-0.05, 0) is 91.1 Å². The number of nitrogens with zero attached hydrogens (tertiary/aromatic N) is 2. The highest BCUT2D eigenvalue weighted by Gasteiger charge is 2.35. The number of carbonyl (C=O) groups is 2. The molecule has 11 heteroatoms. The summed E-state index contributed by atoms with van der Waals surface area (Å²) in [4.78, 5) is 29.9. The predicted octanol–water partition coefficient (Wildman–Crippen LogP) is 8.02. The van der Waals surface area contributed by atoms with Crippen LogP contribution >= 0.6 is 34.8 Å². The average molecular weight is 715 g/mol. The lowest BCUT2D eigenvalue weighted by Crippen LogP contribution is -2.53. The summed E-state index contributed by atoms with van der Waals surface area (Å²) < 4.78 is 29.5. The highest BCUT2D eigenvalue weighted by molar-refractivity contribution is 7.92. The number of rotatable bonds is 14. The van der Waals surface area contributed by atoms with Gasteiger partial charge in [0.1, 0.15) is 12.6 Å². The molecule has 248 valence electrons. The van der Waals surface area contributed by atoms with Crippen molar-refractivity contribution in [2.24, 2.45) is 0 Å². The van der Waals surface area contributed by atoms with Crippen LogP contribution in [0.25, 0.3) is 0 Å². The molecule has 0 heterocycles. The van der Waals surface area contributed by atoms with Crippen molar-refractivity contribution in [3.05, 3.63) is 128 Å². The van der Waals surface area contributed by atoms with E-state index in [0.717, 1.165) is 33.8 Å². The van der Waals surface area contributed by atoms with E-state index in [4.69, 9.17) is 34.8 Å². The molecule has 4 aromatic carbocycles. The Morgan fingerprint density at radius 2 is 1.51 bits per heavy atom. The number of sulfonamides is 1. The fourth-order valence-corrected chi connectivity index (χ4v) is 7.04. The summed E-state index contributed by atoms with van der Waals surface area (Å²) in [6.45, 7) is 5.62. The number of anilines is 1. The van der Waals surface area contributed by atoms with Crippen LogP contribution in [-0.4, -0.2) is 44.3 Å². The van der Waals surface area contributed by atoms with Gasteiger partial charge < -0.3 is 10.2 Å². The largest absolute Gasteiger partial charge is 0.354 e. The van der Waals surface area contributed by atoms with E-state index in [1.807, 2.05) is 57.2 Å². The number of carbonyl (C=O) groups excluding carboxylic acids is 2. The fraction of sp³-hybridized carbons (Fsp3) is 0.278. The Hall–Kier alpha value is -3.56. The summed E-state index contributed by atoms with van der Waals surface area (Å²) in [5.41, 5.74) is 3.53. The van der Waals surface area contributed by atoms with Gasteiger partial charge in [0, 0.05) is 34.6 Å². The van der Waals surface area contributed by atoms with E-state index < -0.39 is 28.5 Å². The number of hydrogen-bond donors (Lipinski definition) is 1. The van der Waals surface area contributed by atoms with Gasteiger partial charge in [-0.1, -0.05) is 90.6 Å². The molecule has 1 N–H and O–H groups in total.